The van der Waals surface area contributed by atoms with Crippen molar-refractivity contribution in [3.8, 4) is 0 Å². The Bertz CT molecular complexity index is 708. The molecule has 2 saturated heterocycles. The van der Waals surface area contributed by atoms with E-state index in [1.807, 2.05) is 29.4 Å². The van der Waals surface area contributed by atoms with Crippen LogP contribution in [-0.2, 0) is 11.3 Å². The molecule has 0 unspecified atom stereocenters. The molecule has 1 spiro atoms. The summed E-state index contributed by atoms with van der Waals surface area (Å²) in [6, 6.07) is 4.09. The highest BCUT2D eigenvalue weighted by molar-refractivity contribution is 5.99. The number of pyridine rings is 1. The van der Waals surface area contributed by atoms with E-state index in [1.54, 1.807) is 12.4 Å². The first-order valence-electron chi connectivity index (χ1n) is 8.45. The molecule has 0 bridgehead atoms. The van der Waals surface area contributed by atoms with Crippen LogP contribution in [0, 0.1) is 5.41 Å². The van der Waals surface area contributed by atoms with Crippen molar-refractivity contribution in [1.82, 2.24) is 19.9 Å². The highest BCUT2D eigenvalue weighted by Gasteiger charge is 2.49. The lowest BCUT2D eigenvalue weighted by molar-refractivity contribution is -0.128. The van der Waals surface area contributed by atoms with Crippen molar-refractivity contribution in [2.24, 2.45) is 5.41 Å². The first kappa shape index (κ1) is 15.2. The molecule has 0 radical (unpaired) electrons. The maximum Gasteiger partial charge on any atom is 0.234 e. The van der Waals surface area contributed by atoms with E-state index in [1.165, 1.54) is 11.9 Å². The number of nitrogens with zero attached hydrogens (tertiary/aromatic N) is 5. The van der Waals surface area contributed by atoms with E-state index in [-0.39, 0.29) is 11.3 Å². The first-order chi connectivity index (χ1) is 11.8. The van der Waals surface area contributed by atoms with E-state index in [2.05, 4.69) is 19.9 Å². The van der Waals surface area contributed by atoms with Crippen LogP contribution in [0.4, 0.5) is 5.69 Å². The second kappa shape index (κ2) is 6.28. The van der Waals surface area contributed by atoms with Crippen LogP contribution in [0.1, 0.15) is 24.8 Å². The molecule has 6 nitrogen and oxygen atoms in total. The second-order valence-corrected chi connectivity index (χ2v) is 6.75. The SMILES string of the molecule is O=C1N(c2cncnc2)CC[C@@]12CCCN(Cc1ccncc1)C2. The molecule has 0 N–H and O–H groups in total. The number of hydrogen-bond acceptors (Lipinski definition) is 5. The predicted molar refractivity (Wildman–Crippen MR) is 90.2 cm³/mol. The van der Waals surface area contributed by atoms with Crippen LogP contribution < -0.4 is 4.90 Å². The lowest BCUT2D eigenvalue weighted by Crippen LogP contribution is -2.47. The summed E-state index contributed by atoms with van der Waals surface area (Å²) < 4.78 is 0. The molecule has 2 aromatic rings. The highest BCUT2D eigenvalue weighted by atomic mass is 16.2. The Balaban J connectivity index is 1.50. The molecule has 1 amide bonds. The fourth-order valence-corrected chi connectivity index (χ4v) is 3.98. The predicted octanol–water partition coefficient (Wildman–Crippen LogP) is 1.89. The summed E-state index contributed by atoms with van der Waals surface area (Å²) in [7, 11) is 0. The number of aromatic nitrogens is 3. The maximum absolute atomic E-state index is 13.1. The van der Waals surface area contributed by atoms with Gasteiger partial charge in [0.2, 0.25) is 5.91 Å². The van der Waals surface area contributed by atoms with Gasteiger partial charge in [-0.15, -0.1) is 0 Å². The Hall–Kier alpha value is -2.34. The molecule has 2 aliphatic heterocycles. The van der Waals surface area contributed by atoms with Crippen LogP contribution in [0.2, 0.25) is 0 Å². The van der Waals surface area contributed by atoms with E-state index in [9.17, 15) is 4.79 Å². The fraction of sp³-hybridized carbons (Fsp3) is 0.444. The first-order valence-corrected chi connectivity index (χ1v) is 8.45. The van der Waals surface area contributed by atoms with Crippen molar-refractivity contribution >= 4 is 11.6 Å². The molecule has 24 heavy (non-hydrogen) atoms. The Labute approximate surface area is 141 Å². The molecule has 1 atom stereocenters. The quantitative estimate of drug-likeness (QED) is 0.863. The number of likely N-dealkylation sites (tertiary alicyclic amines) is 1. The normalized spacial score (nSPS) is 24.7. The van der Waals surface area contributed by atoms with Gasteiger partial charge in [-0.1, -0.05) is 0 Å². The minimum Gasteiger partial charge on any atom is -0.309 e. The zero-order valence-corrected chi connectivity index (χ0v) is 13.6. The van der Waals surface area contributed by atoms with Crippen molar-refractivity contribution in [2.45, 2.75) is 25.8 Å². The maximum atomic E-state index is 13.1. The lowest BCUT2D eigenvalue weighted by Gasteiger charge is -2.39. The molecule has 6 heteroatoms. The number of carbonyl (C=O) groups excluding carboxylic acids is 1. The molecule has 0 saturated carbocycles. The van der Waals surface area contributed by atoms with Crippen molar-refractivity contribution in [2.75, 3.05) is 24.5 Å². The summed E-state index contributed by atoms with van der Waals surface area (Å²) in [6.45, 7) is 3.52. The smallest absolute Gasteiger partial charge is 0.234 e. The van der Waals surface area contributed by atoms with Gasteiger partial charge < -0.3 is 4.90 Å². The number of anilines is 1. The van der Waals surface area contributed by atoms with Crippen LogP contribution in [0.25, 0.3) is 0 Å². The fourth-order valence-electron chi connectivity index (χ4n) is 3.98. The number of piperidine rings is 1. The molecule has 124 valence electrons. The number of hydrogen-bond donors (Lipinski definition) is 0. The Morgan fingerprint density at radius 1 is 1.04 bits per heavy atom. The summed E-state index contributed by atoms with van der Waals surface area (Å²) in [5.41, 5.74) is 1.81. The summed E-state index contributed by atoms with van der Waals surface area (Å²) in [5.74, 6) is 0.233. The molecule has 0 aromatic carbocycles. The van der Waals surface area contributed by atoms with Gasteiger partial charge in [0.1, 0.15) is 6.33 Å². The summed E-state index contributed by atoms with van der Waals surface area (Å²) in [4.78, 5) is 29.5. The van der Waals surface area contributed by atoms with E-state index in [0.29, 0.717) is 0 Å². The van der Waals surface area contributed by atoms with Crippen LogP contribution in [-0.4, -0.2) is 45.4 Å². The van der Waals surface area contributed by atoms with Gasteiger partial charge in [0.25, 0.3) is 0 Å². The van der Waals surface area contributed by atoms with Crippen molar-refractivity contribution < 1.29 is 4.79 Å². The number of amides is 1. The average molecular weight is 323 g/mol. The lowest BCUT2D eigenvalue weighted by atomic mass is 9.78. The topological polar surface area (TPSA) is 62.2 Å². The molecule has 4 rings (SSSR count). The van der Waals surface area contributed by atoms with Gasteiger partial charge in [-0.2, -0.15) is 0 Å². The van der Waals surface area contributed by atoms with E-state index in [0.717, 1.165) is 51.1 Å². The number of rotatable bonds is 3. The minimum absolute atomic E-state index is 0.233. The van der Waals surface area contributed by atoms with Crippen molar-refractivity contribution in [3.63, 3.8) is 0 Å². The zero-order chi connectivity index (χ0) is 16.4. The highest BCUT2D eigenvalue weighted by Crippen LogP contribution is 2.41. The van der Waals surface area contributed by atoms with Gasteiger partial charge in [0, 0.05) is 32.0 Å². The Morgan fingerprint density at radius 3 is 2.62 bits per heavy atom. The third-order valence-electron chi connectivity index (χ3n) is 5.18. The van der Waals surface area contributed by atoms with Gasteiger partial charge in [-0.25, -0.2) is 9.97 Å². The second-order valence-electron chi connectivity index (χ2n) is 6.75. The molecule has 2 aliphatic rings. The van der Waals surface area contributed by atoms with Gasteiger partial charge in [-0.05, 0) is 43.5 Å². The van der Waals surface area contributed by atoms with E-state index >= 15 is 0 Å². The average Bonchev–Trinajstić information content (AvgIpc) is 2.93. The third-order valence-corrected chi connectivity index (χ3v) is 5.18. The Kier molecular flexibility index (Phi) is 3.98. The van der Waals surface area contributed by atoms with Gasteiger partial charge in [0.05, 0.1) is 23.5 Å². The minimum atomic E-state index is -0.249. The summed E-state index contributed by atoms with van der Waals surface area (Å²) >= 11 is 0. The molecular formula is C18H21N5O. The number of carbonyl (C=O) groups is 1. The van der Waals surface area contributed by atoms with Gasteiger partial charge in [-0.3, -0.25) is 14.7 Å². The molecule has 0 aliphatic carbocycles. The van der Waals surface area contributed by atoms with Gasteiger partial charge in [0.15, 0.2) is 0 Å². The summed E-state index contributed by atoms with van der Waals surface area (Å²) in [5, 5.41) is 0. The monoisotopic (exact) mass is 323 g/mol. The molecule has 2 aromatic heterocycles. The summed E-state index contributed by atoms with van der Waals surface area (Å²) in [6.07, 6.45) is 11.5. The largest absolute Gasteiger partial charge is 0.309 e. The molecule has 2 fully saturated rings. The van der Waals surface area contributed by atoms with Crippen LogP contribution in [0.15, 0.2) is 43.2 Å². The van der Waals surface area contributed by atoms with E-state index < -0.39 is 0 Å². The van der Waals surface area contributed by atoms with Crippen LogP contribution in [0.5, 0.6) is 0 Å². The molecule has 4 heterocycles. The Morgan fingerprint density at radius 2 is 1.83 bits per heavy atom. The standard InChI is InChI=1S/C18H21N5O/c24-17-18(5-9-23(17)16-10-20-14-21-11-16)4-1-8-22(13-18)12-15-2-6-19-7-3-15/h2-3,6-7,10-11,14H,1,4-5,8-9,12-13H2/t18-/m1/s1. The van der Waals surface area contributed by atoms with Crippen molar-refractivity contribution in [3.05, 3.63) is 48.8 Å². The zero-order valence-electron chi connectivity index (χ0n) is 13.6. The third kappa shape index (κ3) is 2.78. The molecular weight excluding hydrogens is 302 g/mol. The van der Waals surface area contributed by atoms with Crippen LogP contribution >= 0.6 is 0 Å². The van der Waals surface area contributed by atoms with E-state index in [4.69, 9.17) is 0 Å². The van der Waals surface area contributed by atoms with Crippen molar-refractivity contribution in [1.29, 1.82) is 0 Å². The van der Waals surface area contributed by atoms with Crippen LogP contribution in [0.3, 0.4) is 0 Å². The van der Waals surface area contributed by atoms with Gasteiger partial charge >= 0.3 is 0 Å².